The van der Waals surface area contributed by atoms with Crippen LogP contribution in [-0.4, -0.2) is 27.7 Å². The minimum atomic E-state index is 0.623. The summed E-state index contributed by atoms with van der Waals surface area (Å²) in [6, 6.07) is 15.4. The predicted molar refractivity (Wildman–Crippen MR) is 98.0 cm³/mol. The maximum absolute atomic E-state index is 6.17. The van der Waals surface area contributed by atoms with Crippen LogP contribution < -0.4 is 10.6 Å². The largest absolute Gasteiger partial charge is 0.497 e. The van der Waals surface area contributed by atoms with Crippen LogP contribution >= 0.6 is 23.4 Å². The summed E-state index contributed by atoms with van der Waals surface area (Å²) in [6.45, 7) is 0. The molecule has 0 aliphatic heterocycles. The number of hydrogen-bond acceptors (Lipinski definition) is 5. The van der Waals surface area contributed by atoms with Gasteiger partial charge >= 0.3 is 0 Å². The number of nitrogens with two attached hydrogens (primary N) is 1. The van der Waals surface area contributed by atoms with Crippen molar-refractivity contribution in [1.29, 1.82) is 0 Å². The number of thioether (sulfide) groups is 1. The fraction of sp³-hybridized carbons (Fsp3) is 0.176. The average molecular weight is 361 g/mol. The van der Waals surface area contributed by atoms with E-state index in [0.717, 1.165) is 34.1 Å². The maximum atomic E-state index is 6.17. The normalized spacial score (nSPS) is 10.8. The lowest BCUT2D eigenvalue weighted by atomic mass is 10.2. The van der Waals surface area contributed by atoms with E-state index < -0.39 is 0 Å². The average Bonchev–Trinajstić information content (AvgIpc) is 2.97. The van der Waals surface area contributed by atoms with Gasteiger partial charge in [0.1, 0.15) is 5.75 Å². The minimum Gasteiger partial charge on any atom is -0.497 e. The van der Waals surface area contributed by atoms with Crippen LogP contribution in [0.1, 0.15) is 5.56 Å². The molecule has 2 aromatic carbocycles. The summed E-state index contributed by atoms with van der Waals surface area (Å²) < 4.78 is 6.67. The van der Waals surface area contributed by atoms with Crippen molar-refractivity contribution in [3.8, 4) is 17.1 Å². The van der Waals surface area contributed by atoms with Gasteiger partial charge in [-0.25, -0.2) is 4.68 Å². The first-order valence-corrected chi connectivity index (χ1v) is 8.76. The third-order valence-corrected chi connectivity index (χ3v) is 4.89. The highest BCUT2D eigenvalue weighted by atomic mass is 35.5. The molecule has 0 aliphatic carbocycles. The Labute approximate surface area is 149 Å². The van der Waals surface area contributed by atoms with Crippen LogP contribution in [-0.2, 0) is 6.42 Å². The molecule has 0 saturated heterocycles. The molecule has 0 saturated carbocycles. The molecule has 1 heterocycles. The van der Waals surface area contributed by atoms with E-state index in [1.54, 1.807) is 18.9 Å². The standard InChI is InChI=1S/C17H17ClN4OS/c1-23-14-8-6-13(7-9-14)16-20-21-17(22(16)19)24-11-10-12-4-2-3-5-15(12)18/h2-9H,10-11,19H2,1H3. The Bertz CT molecular complexity index is 820. The number of nitrogen functional groups attached to an aromatic ring is 1. The summed E-state index contributed by atoms with van der Waals surface area (Å²) in [5, 5.41) is 9.82. The molecule has 24 heavy (non-hydrogen) atoms. The Kier molecular flexibility index (Phi) is 5.27. The third-order valence-electron chi connectivity index (χ3n) is 3.57. The summed E-state index contributed by atoms with van der Waals surface area (Å²) in [4.78, 5) is 0. The van der Waals surface area contributed by atoms with Crippen molar-refractivity contribution in [1.82, 2.24) is 14.9 Å². The molecule has 0 aliphatic rings. The number of benzene rings is 2. The summed E-state index contributed by atoms with van der Waals surface area (Å²) in [7, 11) is 1.63. The van der Waals surface area contributed by atoms with Crippen molar-refractivity contribution in [2.24, 2.45) is 0 Å². The second-order valence-corrected chi connectivity index (χ2v) is 6.56. The van der Waals surface area contributed by atoms with Gasteiger partial charge in [-0.2, -0.15) is 0 Å². The maximum Gasteiger partial charge on any atom is 0.210 e. The van der Waals surface area contributed by atoms with Crippen molar-refractivity contribution >= 4 is 23.4 Å². The number of hydrogen-bond donors (Lipinski definition) is 1. The molecular formula is C17H17ClN4OS. The SMILES string of the molecule is COc1ccc(-c2nnc(SCCc3ccccc3Cl)n2N)cc1. The monoisotopic (exact) mass is 360 g/mol. The minimum absolute atomic E-state index is 0.623. The molecule has 0 bridgehead atoms. The number of aryl methyl sites for hydroxylation is 1. The summed E-state index contributed by atoms with van der Waals surface area (Å²) >= 11 is 7.72. The van der Waals surface area contributed by atoms with Gasteiger partial charge in [0.2, 0.25) is 5.16 Å². The molecule has 1 aromatic heterocycles. The Balaban J connectivity index is 1.67. The van der Waals surface area contributed by atoms with Crippen LogP contribution in [0.3, 0.4) is 0 Å². The summed E-state index contributed by atoms with van der Waals surface area (Å²) in [5.41, 5.74) is 2.01. The van der Waals surface area contributed by atoms with E-state index >= 15 is 0 Å². The van der Waals surface area contributed by atoms with Gasteiger partial charge in [0.15, 0.2) is 5.82 Å². The first kappa shape index (κ1) is 16.7. The molecule has 124 valence electrons. The van der Waals surface area contributed by atoms with Crippen molar-refractivity contribution in [3.05, 3.63) is 59.1 Å². The van der Waals surface area contributed by atoms with Crippen molar-refractivity contribution < 1.29 is 4.74 Å². The molecule has 0 fully saturated rings. The van der Waals surface area contributed by atoms with Crippen molar-refractivity contribution in [2.45, 2.75) is 11.6 Å². The van der Waals surface area contributed by atoms with Gasteiger partial charge in [0.05, 0.1) is 7.11 Å². The zero-order chi connectivity index (χ0) is 16.9. The van der Waals surface area contributed by atoms with Crippen LogP contribution in [0.4, 0.5) is 0 Å². The van der Waals surface area contributed by atoms with Gasteiger partial charge in [-0.3, -0.25) is 0 Å². The van der Waals surface area contributed by atoms with Gasteiger partial charge in [-0.15, -0.1) is 10.2 Å². The zero-order valence-corrected chi connectivity index (χ0v) is 14.7. The lowest BCUT2D eigenvalue weighted by molar-refractivity contribution is 0.415. The second kappa shape index (κ2) is 7.59. The highest BCUT2D eigenvalue weighted by Gasteiger charge is 2.12. The van der Waals surface area contributed by atoms with E-state index in [1.165, 1.54) is 4.68 Å². The topological polar surface area (TPSA) is 66.0 Å². The van der Waals surface area contributed by atoms with Crippen LogP contribution in [0.2, 0.25) is 5.02 Å². The van der Waals surface area contributed by atoms with E-state index in [4.69, 9.17) is 22.2 Å². The molecular weight excluding hydrogens is 344 g/mol. The molecule has 0 amide bonds. The third kappa shape index (κ3) is 3.66. The number of rotatable bonds is 6. The first-order chi connectivity index (χ1) is 11.7. The molecule has 0 unspecified atom stereocenters. The molecule has 0 spiro atoms. The first-order valence-electron chi connectivity index (χ1n) is 7.40. The molecule has 2 N–H and O–H groups in total. The van der Waals surface area contributed by atoms with Gasteiger partial charge in [0.25, 0.3) is 0 Å². The van der Waals surface area contributed by atoms with Gasteiger partial charge in [-0.1, -0.05) is 41.6 Å². The Morgan fingerprint density at radius 2 is 1.88 bits per heavy atom. The van der Waals surface area contributed by atoms with Crippen LogP contribution in [0, 0.1) is 0 Å². The summed E-state index contributed by atoms with van der Waals surface area (Å²) in [5.74, 6) is 8.36. The Hall–Kier alpha value is -2.18. The fourth-order valence-electron chi connectivity index (χ4n) is 2.27. The zero-order valence-electron chi connectivity index (χ0n) is 13.1. The van der Waals surface area contributed by atoms with Gasteiger partial charge in [-0.05, 0) is 42.3 Å². The van der Waals surface area contributed by atoms with E-state index in [0.29, 0.717) is 11.0 Å². The number of nitrogens with zero attached hydrogens (tertiary/aromatic N) is 3. The number of methoxy groups -OCH3 is 1. The van der Waals surface area contributed by atoms with E-state index in [2.05, 4.69) is 10.2 Å². The molecule has 0 atom stereocenters. The highest BCUT2D eigenvalue weighted by Crippen LogP contribution is 2.25. The molecule has 7 heteroatoms. The molecule has 0 radical (unpaired) electrons. The van der Waals surface area contributed by atoms with Crippen LogP contribution in [0.5, 0.6) is 5.75 Å². The smallest absolute Gasteiger partial charge is 0.210 e. The van der Waals surface area contributed by atoms with Gasteiger partial charge < -0.3 is 10.6 Å². The quantitative estimate of drug-likeness (QED) is 0.536. The van der Waals surface area contributed by atoms with Crippen molar-refractivity contribution in [3.63, 3.8) is 0 Å². The van der Waals surface area contributed by atoms with E-state index in [1.807, 2.05) is 48.5 Å². The molecule has 3 aromatic rings. The Morgan fingerprint density at radius 3 is 2.58 bits per heavy atom. The lowest BCUT2D eigenvalue weighted by Gasteiger charge is -2.05. The number of ether oxygens (including phenoxy) is 1. The second-order valence-electron chi connectivity index (χ2n) is 5.09. The van der Waals surface area contributed by atoms with Gasteiger partial charge in [0, 0.05) is 16.3 Å². The van der Waals surface area contributed by atoms with Crippen molar-refractivity contribution in [2.75, 3.05) is 18.7 Å². The molecule has 3 rings (SSSR count). The van der Waals surface area contributed by atoms with E-state index in [9.17, 15) is 0 Å². The summed E-state index contributed by atoms with van der Waals surface area (Å²) in [6.07, 6.45) is 0.842. The van der Waals surface area contributed by atoms with Crippen LogP contribution in [0.25, 0.3) is 11.4 Å². The molecule has 5 nitrogen and oxygen atoms in total. The Morgan fingerprint density at radius 1 is 1.12 bits per heavy atom. The highest BCUT2D eigenvalue weighted by molar-refractivity contribution is 7.99. The van der Waals surface area contributed by atoms with E-state index in [-0.39, 0.29) is 0 Å². The number of aromatic nitrogens is 3. The van der Waals surface area contributed by atoms with Crippen LogP contribution in [0.15, 0.2) is 53.7 Å². The lowest BCUT2D eigenvalue weighted by Crippen LogP contribution is -2.11. The fourth-order valence-corrected chi connectivity index (χ4v) is 3.32. The number of halogens is 1. The predicted octanol–water partition coefficient (Wildman–Crippen LogP) is 3.66.